The zero-order valence-corrected chi connectivity index (χ0v) is 8.04. The Balaban J connectivity index is 3.79. The molecule has 5 nitrogen and oxygen atoms in total. The van der Waals surface area contributed by atoms with Crippen LogP contribution in [0, 0.1) is 0 Å². The second kappa shape index (κ2) is 6.22. The molecule has 3 N–H and O–H groups in total. The van der Waals surface area contributed by atoms with Gasteiger partial charge in [0.15, 0.2) is 0 Å². The van der Waals surface area contributed by atoms with Crippen molar-refractivity contribution in [3.8, 4) is 0 Å². The number of carboxylic acids is 2. The molecule has 0 spiro atoms. The number of rotatable bonds is 6. The molecule has 0 radical (unpaired) electrons. The fourth-order valence-electron chi connectivity index (χ4n) is 0.603. The van der Waals surface area contributed by atoms with E-state index in [0.717, 1.165) is 0 Å². The molecular formula is C5H10NO4PS. The highest BCUT2D eigenvalue weighted by atomic mass is 32.7. The quantitative estimate of drug-likeness (QED) is 0.376. The fraction of sp³-hybridized carbons (Fsp3) is 0.600. The molecule has 0 aromatic heterocycles. The first kappa shape index (κ1) is 11.7. The van der Waals surface area contributed by atoms with Crippen LogP contribution in [0.15, 0.2) is 0 Å². The molecule has 12 heavy (non-hydrogen) atoms. The summed E-state index contributed by atoms with van der Waals surface area (Å²) in [6, 6.07) is -0.808. The van der Waals surface area contributed by atoms with Crippen LogP contribution in [-0.4, -0.2) is 28.2 Å². The molecule has 0 saturated heterocycles. The Morgan fingerprint density at radius 1 is 1.50 bits per heavy atom. The maximum Gasteiger partial charge on any atom is 0.321 e. The normalized spacial score (nSPS) is 13.4. The third-order valence-electron chi connectivity index (χ3n) is 1.18. The van der Waals surface area contributed by atoms with Crippen molar-refractivity contribution >= 4 is 32.1 Å². The molecule has 0 aromatic rings. The Morgan fingerprint density at radius 2 is 2.08 bits per heavy atom. The van der Waals surface area contributed by atoms with Crippen molar-refractivity contribution in [2.45, 2.75) is 18.9 Å². The minimum Gasteiger partial charge on any atom is -0.481 e. The highest BCUT2D eigenvalue weighted by molar-refractivity contribution is 8.37. The van der Waals surface area contributed by atoms with E-state index in [9.17, 15) is 9.59 Å². The van der Waals surface area contributed by atoms with E-state index in [1.165, 1.54) is 0 Å². The second-order valence-electron chi connectivity index (χ2n) is 2.08. The lowest BCUT2D eigenvalue weighted by molar-refractivity contribution is -0.140. The van der Waals surface area contributed by atoms with Crippen molar-refractivity contribution in [3.05, 3.63) is 0 Å². The first-order valence-corrected chi connectivity index (χ1v) is 5.46. The number of aliphatic carboxylic acids is 2. The predicted molar refractivity (Wildman–Crippen MR) is 48.7 cm³/mol. The van der Waals surface area contributed by atoms with Crippen LogP contribution in [0.2, 0.25) is 0 Å². The van der Waals surface area contributed by atoms with Crippen LogP contribution in [0.5, 0.6) is 0 Å². The first-order valence-electron chi connectivity index (χ1n) is 3.17. The molecule has 0 aliphatic heterocycles. The number of hydrogen-bond acceptors (Lipinski definition) is 4. The molecule has 0 rings (SSSR count). The number of carboxylic acid groups (broad SMARTS) is 2. The van der Waals surface area contributed by atoms with Crippen LogP contribution in [0.1, 0.15) is 12.8 Å². The average molecular weight is 211 g/mol. The summed E-state index contributed by atoms with van der Waals surface area (Å²) < 4.78 is 0. The van der Waals surface area contributed by atoms with Gasteiger partial charge in [0.1, 0.15) is 6.04 Å². The monoisotopic (exact) mass is 211 g/mol. The van der Waals surface area contributed by atoms with Gasteiger partial charge in [-0.15, -0.1) is 12.2 Å². The lowest BCUT2D eigenvalue weighted by Crippen LogP contribution is -2.31. The van der Waals surface area contributed by atoms with Crippen molar-refractivity contribution < 1.29 is 19.8 Å². The minimum atomic E-state index is -1.04. The summed E-state index contributed by atoms with van der Waals surface area (Å²) in [5.41, 5.74) is 0. The first-order chi connectivity index (χ1) is 5.57. The summed E-state index contributed by atoms with van der Waals surface area (Å²) in [5.74, 6) is -2.04. The maximum absolute atomic E-state index is 10.4. The Labute approximate surface area is 76.5 Å². The zero-order valence-electron chi connectivity index (χ0n) is 6.15. The van der Waals surface area contributed by atoms with Crippen molar-refractivity contribution in [2.24, 2.45) is 0 Å². The second-order valence-corrected chi connectivity index (χ2v) is 3.26. The highest BCUT2D eigenvalue weighted by Gasteiger charge is 2.16. The van der Waals surface area contributed by atoms with Gasteiger partial charge in [0.25, 0.3) is 0 Å². The van der Waals surface area contributed by atoms with Crippen LogP contribution in [-0.2, 0) is 9.59 Å². The van der Waals surface area contributed by atoms with Crippen LogP contribution < -0.4 is 5.09 Å². The van der Waals surface area contributed by atoms with E-state index in [1.807, 2.05) is 0 Å². The van der Waals surface area contributed by atoms with Gasteiger partial charge >= 0.3 is 11.9 Å². The molecular weight excluding hydrogens is 201 g/mol. The molecule has 2 atom stereocenters. The predicted octanol–water partition coefficient (Wildman–Crippen LogP) is 0.332. The Morgan fingerprint density at radius 3 is 2.42 bits per heavy atom. The van der Waals surface area contributed by atoms with Gasteiger partial charge < -0.3 is 10.2 Å². The lowest BCUT2D eigenvalue weighted by atomic mass is 10.2. The van der Waals surface area contributed by atoms with Gasteiger partial charge in [0.05, 0.1) is 0 Å². The van der Waals surface area contributed by atoms with Crippen LogP contribution in [0.4, 0.5) is 0 Å². The lowest BCUT2D eigenvalue weighted by Gasteiger charge is -2.10. The van der Waals surface area contributed by atoms with Crippen LogP contribution in [0.25, 0.3) is 0 Å². The molecule has 0 aliphatic rings. The average Bonchev–Trinajstić information content (AvgIpc) is 1.96. The summed E-state index contributed by atoms with van der Waals surface area (Å²) >= 11 is 3.81. The molecule has 0 aromatic carbocycles. The number of thiol groups is 1. The summed E-state index contributed by atoms with van der Waals surface area (Å²) in [6.07, 6.45) is -0.0690. The summed E-state index contributed by atoms with van der Waals surface area (Å²) in [4.78, 5) is 20.5. The van der Waals surface area contributed by atoms with Gasteiger partial charge in [-0.2, -0.15) is 0 Å². The van der Waals surface area contributed by atoms with Gasteiger partial charge in [-0.3, -0.25) is 14.7 Å². The largest absolute Gasteiger partial charge is 0.481 e. The van der Waals surface area contributed by atoms with Gasteiger partial charge in [-0.1, -0.05) is 0 Å². The van der Waals surface area contributed by atoms with E-state index < -0.39 is 18.0 Å². The zero-order chi connectivity index (χ0) is 9.56. The molecule has 0 saturated carbocycles. The topological polar surface area (TPSA) is 86.6 Å². The number of nitrogens with one attached hydrogen (secondary N) is 1. The van der Waals surface area contributed by atoms with Crippen molar-refractivity contribution in [2.75, 3.05) is 0 Å². The van der Waals surface area contributed by atoms with E-state index >= 15 is 0 Å². The Bertz CT molecular complexity index is 177. The molecule has 70 valence electrons. The van der Waals surface area contributed by atoms with E-state index in [4.69, 9.17) is 10.2 Å². The molecule has 0 fully saturated rings. The van der Waals surface area contributed by atoms with Crippen molar-refractivity contribution in [3.63, 3.8) is 0 Å². The molecule has 0 amide bonds. The van der Waals surface area contributed by atoms with Gasteiger partial charge in [0.2, 0.25) is 0 Å². The van der Waals surface area contributed by atoms with Gasteiger partial charge in [-0.05, 0) is 6.42 Å². The smallest absolute Gasteiger partial charge is 0.321 e. The third-order valence-corrected chi connectivity index (χ3v) is 2.05. The van der Waals surface area contributed by atoms with E-state index in [2.05, 4.69) is 17.3 Å². The molecule has 0 bridgehead atoms. The van der Waals surface area contributed by atoms with Crippen LogP contribution in [0.3, 0.4) is 0 Å². The molecule has 1 unspecified atom stereocenters. The summed E-state index contributed by atoms with van der Waals surface area (Å²) in [7, 11) is 0.00498. The van der Waals surface area contributed by atoms with Crippen molar-refractivity contribution in [1.82, 2.24) is 5.09 Å². The van der Waals surface area contributed by atoms with E-state index in [-0.39, 0.29) is 20.8 Å². The number of carbonyl (C=O) groups is 2. The maximum atomic E-state index is 10.4. The fourth-order valence-corrected chi connectivity index (χ4v) is 1.49. The highest BCUT2D eigenvalue weighted by Crippen LogP contribution is 2.12. The summed E-state index contributed by atoms with van der Waals surface area (Å²) in [5, 5.41) is 19.4. The van der Waals surface area contributed by atoms with Crippen LogP contribution >= 0.6 is 20.2 Å². The Kier molecular flexibility index (Phi) is 6.06. The molecule has 0 heterocycles. The van der Waals surface area contributed by atoms with Gasteiger partial charge in [-0.25, -0.2) is 0 Å². The SMILES string of the molecule is O=C(O)CC[C@H](NPS)C(=O)O. The standard InChI is InChI=1S/C5H10NO4PS/c7-4(8)2-1-3(5(9)10)6-11-12/h3,6,11-12H,1-2H2,(H,7,8)(H,9,10)/t3-/m0/s1. The van der Waals surface area contributed by atoms with Gasteiger partial charge in [0, 0.05) is 14.4 Å². The van der Waals surface area contributed by atoms with E-state index in [0.29, 0.717) is 0 Å². The Hall–Kier alpha value is -0.320. The molecule has 7 heteroatoms. The third kappa shape index (κ3) is 5.35. The van der Waals surface area contributed by atoms with Crippen molar-refractivity contribution in [1.29, 1.82) is 0 Å². The molecule has 0 aliphatic carbocycles. The number of hydrogen-bond donors (Lipinski definition) is 4. The summed E-state index contributed by atoms with van der Waals surface area (Å²) in [6.45, 7) is 0. The van der Waals surface area contributed by atoms with E-state index in [1.54, 1.807) is 0 Å². The minimum absolute atomic E-state index is 0.00498.